The molecular formula is C27H29N5O5S2. The number of rotatable bonds is 11. The Morgan fingerprint density at radius 1 is 0.897 bits per heavy atom. The Kier molecular flexibility index (Phi) is 9.88. The third-order valence-corrected chi connectivity index (χ3v) is 7.33. The van der Waals surface area contributed by atoms with Crippen LogP contribution in [-0.4, -0.2) is 48.7 Å². The van der Waals surface area contributed by atoms with Gasteiger partial charge < -0.3 is 16.4 Å². The molecule has 0 aromatic heterocycles. The summed E-state index contributed by atoms with van der Waals surface area (Å²) in [6.45, 7) is 2.06. The number of hydrogen-bond donors (Lipinski definition) is 4. The zero-order valence-corrected chi connectivity index (χ0v) is 23.0. The van der Waals surface area contributed by atoms with Crippen molar-refractivity contribution in [3.63, 3.8) is 0 Å². The molecule has 39 heavy (non-hydrogen) atoms. The average molecular weight is 568 g/mol. The van der Waals surface area contributed by atoms with E-state index in [2.05, 4.69) is 15.5 Å². The van der Waals surface area contributed by atoms with Crippen LogP contribution in [0.25, 0.3) is 0 Å². The standard InChI is InChI=1S/C27H29N5O5S2/c1-18(32(19(2)33)31-39(36,37)23-15-13-22(14-16-23)26(28)38)27(35)29-17-24(34)30-25(20-9-5-3-6-10-20)21-11-7-4-8-12-21/h3-16,18,25,31H,17H2,1-2H3,(H2,28,38)(H,29,35)(H,30,34). The maximum Gasteiger partial charge on any atom is 0.257 e. The van der Waals surface area contributed by atoms with Crippen LogP contribution >= 0.6 is 12.2 Å². The van der Waals surface area contributed by atoms with Crippen LogP contribution in [0.4, 0.5) is 0 Å². The van der Waals surface area contributed by atoms with Crippen molar-refractivity contribution in [2.75, 3.05) is 6.54 Å². The van der Waals surface area contributed by atoms with E-state index in [4.69, 9.17) is 18.0 Å². The highest BCUT2D eigenvalue weighted by atomic mass is 32.2. The second-order valence-corrected chi connectivity index (χ2v) is 10.7. The first kappa shape index (κ1) is 29.4. The Balaban J connectivity index is 1.66. The van der Waals surface area contributed by atoms with Gasteiger partial charge in [-0.15, -0.1) is 4.83 Å². The van der Waals surface area contributed by atoms with E-state index >= 15 is 0 Å². The minimum atomic E-state index is -4.22. The lowest BCUT2D eigenvalue weighted by Gasteiger charge is -2.27. The highest BCUT2D eigenvalue weighted by molar-refractivity contribution is 7.89. The zero-order valence-electron chi connectivity index (χ0n) is 21.3. The Morgan fingerprint density at radius 3 is 1.87 bits per heavy atom. The second kappa shape index (κ2) is 13.1. The molecule has 3 aromatic rings. The molecule has 5 N–H and O–H groups in total. The first-order chi connectivity index (χ1) is 18.5. The number of hydrogen-bond acceptors (Lipinski definition) is 6. The molecule has 0 saturated heterocycles. The van der Waals surface area contributed by atoms with Crippen LogP contribution in [0, 0.1) is 0 Å². The Labute approximate surface area is 232 Å². The van der Waals surface area contributed by atoms with Crippen LogP contribution in [0.5, 0.6) is 0 Å². The fraction of sp³-hybridized carbons (Fsp3) is 0.185. The van der Waals surface area contributed by atoms with E-state index in [9.17, 15) is 22.8 Å². The van der Waals surface area contributed by atoms with Crippen molar-refractivity contribution >= 4 is 45.0 Å². The fourth-order valence-electron chi connectivity index (χ4n) is 3.69. The number of amides is 3. The lowest BCUT2D eigenvalue weighted by molar-refractivity contribution is -0.140. The van der Waals surface area contributed by atoms with Crippen molar-refractivity contribution in [3.8, 4) is 0 Å². The summed E-state index contributed by atoms with van der Waals surface area (Å²) in [6.07, 6.45) is 0. The van der Waals surface area contributed by atoms with Gasteiger partial charge in [0.05, 0.1) is 17.5 Å². The summed E-state index contributed by atoms with van der Waals surface area (Å²) in [4.78, 5) is 39.9. The lowest BCUT2D eigenvalue weighted by atomic mass is 9.99. The molecule has 0 spiro atoms. The second-order valence-electron chi connectivity index (χ2n) is 8.59. The highest BCUT2D eigenvalue weighted by Crippen LogP contribution is 2.21. The van der Waals surface area contributed by atoms with Crippen LogP contribution in [0.2, 0.25) is 0 Å². The molecule has 3 amide bonds. The summed E-state index contributed by atoms with van der Waals surface area (Å²) in [5.74, 6) is -1.93. The third kappa shape index (κ3) is 7.93. The smallest absolute Gasteiger partial charge is 0.257 e. The van der Waals surface area contributed by atoms with E-state index in [0.717, 1.165) is 18.1 Å². The fourth-order valence-corrected chi connectivity index (χ4v) is 4.97. The number of thiocarbonyl (C=S) groups is 1. The van der Waals surface area contributed by atoms with E-state index in [1.807, 2.05) is 60.7 Å². The SMILES string of the molecule is CC(=O)N(NS(=O)(=O)c1ccc(C(N)=S)cc1)C(C)C(=O)NCC(=O)NC(c1ccccc1)c1ccccc1. The number of nitrogens with one attached hydrogen (secondary N) is 3. The number of benzene rings is 3. The molecule has 3 aromatic carbocycles. The molecule has 3 rings (SSSR count). The molecule has 0 aliphatic heterocycles. The number of carbonyl (C=O) groups is 3. The summed E-state index contributed by atoms with van der Waals surface area (Å²) >= 11 is 4.87. The van der Waals surface area contributed by atoms with Gasteiger partial charge in [-0.05, 0) is 30.2 Å². The monoisotopic (exact) mass is 567 g/mol. The number of sulfonamides is 1. The Morgan fingerprint density at radius 2 is 1.41 bits per heavy atom. The maximum absolute atomic E-state index is 12.8. The van der Waals surface area contributed by atoms with Crippen molar-refractivity contribution in [3.05, 3.63) is 102 Å². The van der Waals surface area contributed by atoms with Crippen LogP contribution in [0.3, 0.4) is 0 Å². The lowest BCUT2D eigenvalue weighted by Crippen LogP contribution is -2.56. The molecule has 0 bridgehead atoms. The minimum absolute atomic E-state index is 0.102. The van der Waals surface area contributed by atoms with Gasteiger partial charge in [-0.1, -0.05) is 85.0 Å². The Hall–Kier alpha value is -4.13. The van der Waals surface area contributed by atoms with Crippen LogP contribution < -0.4 is 21.2 Å². The zero-order chi connectivity index (χ0) is 28.6. The van der Waals surface area contributed by atoms with Gasteiger partial charge in [0, 0.05) is 12.5 Å². The first-order valence-electron chi connectivity index (χ1n) is 11.9. The van der Waals surface area contributed by atoms with E-state index in [0.29, 0.717) is 10.6 Å². The van der Waals surface area contributed by atoms with Crippen molar-refractivity contribution in [2.45, 2.75) is 30.8 Å². The maximum atomic E-state index is 12.8. The van der Waals surface area contributed by atoms with E-state index < -0.39 is 46.4 Å². The number of hydrazine groups is 1. The predicted molar refractivity (Wildman–Crippen MR) is 151 cm³/mol. The van der Waals surface area contributed by atoms with Crippen LogP contribution in [0.1, 0.15) is 36.6 Å². The molecule has 1 atom stereocenters. The van der Waals surface area contributed by atoms with Gasteiger partial charge in [0.15, 0.2) is 0 Å². The van der Waals surface area contributed by atoms with Crippen LogP contribution in [0.15, 0.2) is 89.8 Å². The summed E-state index contributed by atoms with van der Waals surface area (Å²) in [5.41, 5.74) is 7.73. The minimum Gasteiger partial charge on any atom is -0.389 e. The average Bonchev–Trinajstić information content (AvgIpc) is 2.93. The topological polar surface area (TPSA) is 151 Å². The molecule has 0 fully saturated rings. The van der Waals surface area contributed by atoms with Crippen molar-refractivity contribution in [1.29, 1.82) is 0 Å². The molecular weight excluding hydrogens is 538 g/mol. The van der Waals surface area contributed by atoms with E-state index in [1.54, 1.807) is 0 Å². The third-order valence-electron chi connectivity index (χ3n) is 5.77. The van der Waals surface area contributed by atoms with Gasteiger partial charge in [0.25, 0.3) is 10.0 Å². The normalized spacial score (nSPS) is 11.9. The summed E-state index contributed by atoms with van der Waals surface area (Å²) in [5, 5.41) is 6.05. The van der Waals surface area contributed by atoms with Crippen molar-refractivity contribution in [2.24, 2.45) is 5.73 Å². The summed E-state index contributed by atoms with van der Waals surface area (Å²) < 4.78 is 25.7. The van der Waals surface area contributed by atoms with E-state index in [-0.39, 0.29) is 9.88 Å². The molecule has 12 heteroatoms. The van der Waals surface area contributed by atoms with E-state index in [1.165, 1.54) is 31.2 Å². The van der Waals surface area contributed by atoms with Gasteiger partial charge in [-0.3, -0.25) is 19.4 Å². The molecule has 0 heterocycles. The number of nitrogens with two attached hydrogens (primary N) is 1. The molecule has 204 valence electrons. The quantitative estimate of drug-likeness (QED) is 0.204. The van der Waals surface area contributed by atoms with Crippen LogP contribution in [-0.2, 0) is 24.4 Å². The first-order valence-corrected chi connectivity index (χ1v) is 13.8. The predicted octanol–water partition coefficient (Wildman–Crippen LogP) is 1.77. The molecule has 0 radical (unpaired) electrons. The van der Waals surface area contributed by atoms with Gasteiger partial charge in [-0.25, -0.2) is 8.42 Å². The Bertz CT molecular complexity index is 1390. The molecule has 1 unspecified atom stereocenters. The van der Waals surface area contributed by atoms with Gasteiger partial charge in [-0.2, -0.15) is 0 Å². The van der Waals surface area contributed by atoms with Crippen molar-refractivity contribution < 1.29 is 22.8 Å². The molecule has 0 saturated carbocycles. The molecule has 10 nitrogen and oxygen atoms in total. The number of carbonyl (C=O) groups excluding carboxylic acids is 3. The van der Waals surface area contributed by atoms with Gasteiger partial charge >= 0.3 is 0 Å². The van der Waals surface area contributed by atoms with Crippen molar-refractivity contribution in [1.82, 2.24) is 20.5 Å². The largest absolute Gasteiger partial charge is 0.389 e. The molecule has 0 aliphatic carbocycles. The summed E-state index contributed by atoms with van der Waals surface area (Å²) in [7, 11) is -4.22. The summed E-state index contributed by atoms with van der Waals surface area (Å²) in [6, 6.07) is 22.4. The highest BCUT2D eigenvalue weighted by Gasteiger charge is 2.29. The van der Waals surface area contributed by atoms with Gasteiger partial charge in [0.1, 0.15) is 11.0 Å². The molecule has 0 aliphatic rings. The van der Waals surface area contributed by atoms with Gasteiger partial charge in [0.2, 0.25) is 17.7 Å². The number of nitrogens with zero attached hydrogens (tertiary/aromatic N) is 1.